The molecule has 10 heteroatoms. The van der Waals surface area contributed by atoms with Crippen LogP contribution in [-0.2, 0) is 23.9 Å². The molecular formula is C24H22F5N3O2. The van der Waals surface area contributed by atoms with E-state index < -0.39 is 23.4 Å². The molecule has 5 nitrogen and oxygen atoms in total. The zero-order valence-corrected chi connectivity index (χ0v) is 18.1. The molecule has 0 saturated carbocycles. The van der Waals surface area contributed by atoms with Gasteiger partial charge in [-0.25, -0.2) is 13.8 Å². The molecule has 2 aromatic carbocycles. The van der Waals surface area contributed by atoms with Crippen molar-refractivity contribution in [3.63, 3.8) is 0 Å². The van der Waals surface area contributed by atoms with Crippen molar-refractivity contribution in [1.82, 2.24) is 14.8 Å². The van der Waals surface area contributed by atoms with Crippen LogP contribution in [0.3, 0.4) is 0 Å². The number of carbonyl (C=O) groups excluding carboxylic acids is 1. The molecule has 1 fully saturated rings. The summed E-state index contributed by atoms with van der Waals surface area (Å²) in [6, 6.07) is 8.26. The van der Waals surface area contributed by atoms with Gasteiger partial charge in [0, 0.05) is 51.6 Å². The van der Waals surface area contributed by atoms with Crippen molar-refractivity contribution in [2.45, 2.75) is 25.6 Å². The number of aromatic nitrogens is 1. The first-order valence-electron chi connectivity index (χ1n) is 10.8. The van der Waals surface area contributed by atoms with Crippen molar-refractivity contribution in [1.29, 1.82) is 0 Å². The van der Waals surface area contributed by atoms with Gasteiger partial charge in [-0.2, -0.15) is 13.2 Å². The van der Waals surface area contributed by atoms with Crippen LogP contribution in [0.4, 0.5) is 22.0 Å². The van der Waals surface area contributed by atoms with E-state index in [9.17, 15) is 26.7 Å². The van der Waals surface area contributed by atoms with Gasteiger partial charge in [-0.1, -0.05) is 12.1 Å². The van der Waals surface area contributed by atoms with Crippen molar-refractivity contribution in [3.8, 4) is 11.3 Å². The van der Waals surface area contributed by atoms with E-state index in [0.29, 0.717) is 32.7 Å². The summed E-state index contributed by atoms with van der Waals surface area (Å²) in [6.07, 6.45) is -2.59. The Bertz CT molecular complexity index is 1140. The maximum absolute atomic E-state index is 13.9. The summed E-state index contributed by atoms with van der Waals surface area (Å²) in [5.41, 5.74) is 0.202. The van der Waals surface area contributed by atoms with Crippen LogP contribution in [0.2, 0.25) is 0 Å². The van der Waals surface area contributed by atoms with Gasteiger partial charge in [0.1, 0.15) is 11.6 Å². The molecule has 0 aliphatic carbocycles. The van der Waals surface area contributed by atoms with E-state index in [1.54, 1.807) is 4.90 Å². The second-order valence-corrected chi connectivity index (χ2v) is 8.09. The lowest BCUT2D eigenvalue weighted by Gasteiger charge is -2.34. The second-order valence-electron chi connectivity index (χ2n) is 8.09. The summed E-state index contributed by atoms with van der Waals surface area (Å²) in [6.45, 7) is 2.76. The zero-order valence-electron chi connectivity index (χ0n) is 18.1. The topological polar surface area (TPSA) is 49.6 Å². The van der Waals surface area contributed by atoms with E-state index in [1.807, 2.05) is 0 Å². The number of alkyl halides is 3. The van der Waals surface area contributed by atoms with Crippen LogP contribution < -0.4 is 0 Å². The molecule has 1 amide bonds. The van der Waals surface area contributed by atoms with Crippen LogP contribution >= 0.6 is 0 Å². The molecule has 3 aromatic rings. The number of nitrogens with zero attached hydrogens (tertiary/aromatic N) is 3. The van der Waals surface area contributed by atoms with Crippen molar-refractivity contribution >= 4 is 5.91 Å². The minimum atomic E-state index is -4.35. The number of oxazole rings is 1. The molecule has 1 aromatic heterocycles. The number of benzene rings is 2. The third kappa shape index (κ3) is 5.80. The third-order valence-corrected chi connectivity index (χ3v) is 5.72. The van der Waals surface area contributed by atoms with Gasteiger partial charge in [0.25, 0.3) is 0 Å². The highest BCUT2D eigenvalue weighted by atomic mass is 19.4. The number of aryl methyl sites for hydroxylation is 1. The Morgan fingerprint density at radius 3 is 2.35 bits per heavy atom. The van der Waals surface area contributed by atoms with Crippen LogP contribution in [0, 0.1) is 11.6 Å². The van der Waals surface area contributed by atoms with Crippen molar-refractivity contribution in [2.24, 2.45) is 0 Å². The molecule has 180 valence electrons. The largest absolute Gasteiger partial charge is 0.441 e. The minimum absolute atomic E-state index is 0.0677. The molecule has 0 radical (unpaired) electrons. The molecule has 0 unspecified atom stereocenters. The first-order valence-corrected chi connectivity index (χ1v) is 10.8. The van der Waals surface area contributed by atoms with Gasteiger partial charge < -0.3 is 9.32 Å². The Morgan fingerprint density at radius 2 is 1.71 bits per heavy atom. The predicted molar refractivity (Wildman–Crippen MR) is 113 cm³/mol. The third-order valence-electron chi connectivity index (χ3n) is 5.72. The Balaban J connectivity index is 1.24. The highest BCUT2D eigenvalue weighted by molar-refractivity contribution is 5.76. The van der Waals surface area contributed by atoms with Crippen molar-refractivity contribution < 1.29 is 31.2 Å². The van der Waals surface area contributed by atoms with Crippen molar-refractivity contribution in [3.05, 3.63) is 77.3 Å². The van der Waals surface area contributed by atoms with Crippen molar-refractivity contribution in [2.75, 3.05) is 26.2 Å². The van der Waals surface area contributed by atoms with Crippen LogP contribution in [0.15, 0.2) is 53.1 Å². The lowest BCUT2D eigenvalue weighted by molar-refractivity contribution is -0.137. The normalized spacial score (nSPS) is 15.0. The molecule has 0 bridgehead atoms. The van der Waals surface area contributed by atoms with Gasteiger partial charge in [-0.05, 0) is 29.8 Å². The van der Waals surface area contributed by atoms with Gasteiger partial charge in [0.2, 0.25) is 5.91 Å². The monoisotopic (exact) mass is 479 g/mol. The van der Waals surface area contributed by atoms with Gasteiger partial charge in [0.15, 0.2) is 11.7 Å². The van der Waals surface area contributed by atoms with Crippen LogP contribution in [0.5, 0.6) is 0 Å². The van der Waals surface area contributed by atoms with Gasteiger partial charge in [-0.3, -0.25) is 9.69 Å². The Morgan fingerprint density at radius 1 is 1.00 bits per heavy atom. The summed E-state index contributed by atoms with van der Waals surface area (Å²) in [5.74, 6) is -1.06. The first-order chi connectivity index (χ1) is 16.2. The molecule has 0 atom stereocenters. The van der Waals surface area contributed by atoms with Crippen LogP contribution in [-0.4, -0.2) is 46.9 Å². The Kier molecular flexibility index (Phi) is 6.97. The number of halogens is 5. The summed E-state index contributed by atoms with van der Waals surface area (Å²) in [4.78, 5) is 20.5. The average Bonchev–Trinajstić information content (AvgIpc) is 3.26. The molecule has 34 heavy (non-hydrogen) atoms. The number of hydrogen-bond donors (Lipinski definition) is 0. The van der Waals surface area contributed by atoms with E-state index >= 15 is 0 Å². The SMILES string of the molecule is O=C(CCc1ncc(-c2ccc(F)cc2F)o1)N1CCN(Cc2ccc(C(F)(F)F)cc2)CC1. The van der Waals surface area contributed by atoms with E-state index in [0.717, 1.165) is 29.8 Å². The highest BCUT2D eigenvalue weighted by Crippen LogP contribution is 2.29. The molecule has 1 aliphatic rings. The Labute approximate surface area is 192 Å². The minimum Gasteiger partial charge on any atom is -0.441 e. The number of hydrogen-bond acceptors (Lipinski definition) is 4. The number of piperazine rings is 1. The fraction of sp³-hybridized carbons (Fsp3) is 0.333. The summed E-state index contributed by atoms with van der Waals surface area (Å²) in [7, 11) is 0. The molecule has 4 rings (SSSR count). The average molecular weight is 479 g/mol. The standard InChI is InChI=1S/C24H22F5N3O2/c25-18-5-6-19(20(26)13-18)21-14-30-22(34-21)7-8-23(33)32-11-9-31(10-12-32)15-16-1-3-17(4-2-16)24(27,28)29/h1-6,13-14H,7-12,15H2. The number of rotatable bonds is 6. The van der Waals surface area contributed by atoms with Gasteiger partial charge >= 0.3 is 6.18 Å². The summed E-state index contributed by atoms with van der Waals surface area (Å²) in [5, 5.41) is 0. The molecule has 0 spiro atoms. The molecule has 0 N–H and O–H groups in total. The predicted octanol–water partition coefficient (Wildman–Crippen LogP) is 4.92. The fourth-order valence-electron chi connectivity index (χ4n) is 3.82. The van der Waals surface area contributed by atoms with E-state index in [-0.39, 0.29) is 36.0 Å². The molecular weight excluding hydrogens is 457 g/mol. The maximum atomic E-state index is 13.9. The first kappa shape index (κ1) is 23.9. The molecule has 1 saturated heterocycles. The zero-order chi connectivity index (χ0) is 24.3. The highest BCUT2D eigenvalue weighted by Gasteiger charge is 2.30. The molecule has 1 aliphatic heterocycles. The smallest absolute Gasteiger partial charge is 0.416 e. The van der Waals surface area contributed by atoms with E-state index in [4.69, 9.17) is 4.42 Å². The maximum Gasteiger partial charge on any atom is 0.416 e. The lowest BCUT2D eigenvalue weighted by atomic mass is 10.1. The van der Waals surface area contributed by atoms with E-state index in [1.165, 1.54) is 24.4 Å². The summed E-state index contributed by atoms with van der Waals surface area (Å²) < 4.78 is 70.6. The van der Waals surface area contributed by atoms with E-state index in [2.05, 4.69) is 9.88 Å². The molecule has 2 heterocycles. The lowest BCUT2D eigenvalue weighted by Crippen LogP contribution is -2.48. The van der Waals surface area contributed by atoms with Gasteiger partial charge in [-0.15, -0.1) is 0 Å². The quantitative estimate of drug-likeness (QED) is 0.472. The fourth-order valence-corrected chi connectivity index (χ4v) is 3.82. The Hall–Kier alpha value is -3.27. The van der Waals surface area contributed by atoms with Crippen LogP contribution in [0.25, 0.3) is 11.3 Å². The number of amides is 1. The summed E-state index contributed by atoms with van der Waals surface area (Å²) >= 11 is 0. The number of carbonyl (C=O) groups is 1. The van der Waals surface area contributed by atoms with Crippen LogP contribution in [0.1, 0.15) is 23.4 Å². The van der Waals surface area contributed by atoms with Gasteiger partial charge in [0.05, 0.1) is 17.3 Å². The second kappa shape index (κ2) is 9.92.